The minimum atomic E-state index is 0.639. The number of aromatic nitrogens is 2. The minimum Gasteiger partial charge on any atom is -0.302 e. The van der Waals surface area contributed by atoms with Crippen molar-refractivity contribution in [3.05, 3.63) is 15.9 Å². The van der Waals surface area contributed by atoms with Gasteiger partial charge in [-0.05, 0) is 28.9 Å². The Hall–Kier alpha value is -0.350. The van der Waals surface area contributed by atoms with E-state index in [-0.39, 0.29) is 0 Å². The van der Waals surface area contributed by atoms with Gasteiger partial charge in [-0.25, -0.2) is 0 Å². The zero-order valence-corrected chi connectivity index (χ0v) is 11.2. The van der Waals surface area contributed by atoms with Crippen LogP contribution < -0.4 is 0 Å². The van der Waals surface area contributed by atoms with E-state index in [1.807, 2.05) is 0 Å². The molecule has 1 aromatic rings. The molecule has 0 fully saturated rings. The molecule has 15 heavy (non-hydrogen) atoms. The molecule has 0 N–H and O–H groups in total. The fourth-order valence-corrected chi connectivity index (χ4v) is 2.57. The maximum atomic E-state index is 4.67. The molecule has 0 saturated heterocycles. The molecule has 84 valence electrons. The van der Waals surface area contributed by atoms with Crippen molar-refractivity contribution >= 4 is 15.9 Å². The average Bonchev–Trinajstić information content (AvgIpc) is 2.44. The van der Waals surface area contributed by atoms with Crippen LogP contribution in [0.25, 0.3) is 0 Å². The molecule has 4 heteroatoms. The van der Waals surface area contributed by atoms with Gasteiger partial charge in [0, 0.05) is 31.6 Å². The van der Waals surface area contributed by atoms with Gasteiger partial charge in [0.15, 0.2) is 0 Å². The summed E-state index contributed by atoms with van der Waals surface area (Å²) in [7, 11) is 2.16. The smallest absolute Gasteiger partial charge is 0.108 e. The van der Waals surface area contributed by atoms with E-state index in [9.17, 15) is 0 Å². The molecule has 2 rings (SSSR count). The van der Waals surface area contributed by atoms with Crippen LogP contribution in [-0.2, 0) is 19.5 Å². The molecule has 2 heterocycles. The Morgan fingerprint density at radius 3 is 2.87 bits per heavy atom. The van der Waals surface area contributed by atoms with Crippen LogP contribution >= 0.6 is 15.9 Å². The fraction of sp³-hybridized carbons (Fsp3) is 0.727. The molecule has 3 nitrogen and oxygen atoms in total. The summed E-state index contributed by atoms with van der Waals surface area (Å²) >= 11 is 3.67. The van der Waals surface area contributed by atoms with Gasteiger partial charge in [0.05, 0.1) is 5.69 Å². The average molecular weight is 272 g/mol. The van der Waals surface area contributed by atoms with E-state index < -0.39 is 0 Å². The second-order valence-electron chi connectivity index (χ2n) is 4.78. The normalized spacial score (nSPS) is 17.1. The van der Waals surface area contributed by atoms with Gasteiger partial charge in [0.2, 0.25) is 0 Å². The van der Waals surface area contributed by atoms with Gasteiger partial charge >= 0.3 is 0 Å². The summed E-state index contributed by atoms with van der Waals surface area (Å²) < 4.78 is 3.28. The van der Waals surface area contributed by atoms with Crippen LogP contribution in [0.15, 0.2) is 4.60 Å². The Kier molecular flexibility index (Phi) is 3.16. The highest BCUT2D eigenvalue weighted by molar-refractivity contribution is 9.10. The van der Waals surface area contributed by atoms with Crippen molar-refractivity contribution in [1.29, 1.82) is 0 Å². The predicted octanol–water partition coefficient (Wildman–Crippen LogP) is 2.29. The lowest BCUT2D eigenvalue weighted by atomic mass is 10.1. The number of halogens is 1. The van der Waals surface area contributed by atoms with Gasteiger partial charge < -0.3 is 4.90 Å². The molecule has 0 bridgehead atoms. The second-order valence-corrected chi connectivity index (χ2v) is 5.53. The summed E-state index contributed by atoms with van der Waals surface area (Å²) in [6, 6.07) is 0. The highest BCUT2D eigenvalue weighted by Gasteiger charge is 2.21. The fourth-order valence-electron chi connectivity index (χ4n) is 1.99. The molecule has 0 amide bonds. The van der Waals surface area contributed by atoms with Crippen LogP contribution in [0.1, 0.15) is 25.1 Å². The summed E-state index contributed by atoms with van der Waals surface area (Å²) in [6.45, 7) is 7.59. The monoisotopic (exact) mass is 271 g/mol. The molecule has 1 aromatic heterocycles. The highest BCUT2D eigenvalue weighted by atomic mass is 79.9. The van der Waals surface area contributed by atoms with Crippen LogP contribution in [0.2, 0.25) is 0 Å². The molecule has 0 radical (unpaired) electrons. The van der Waals surface area contributed by atoms with Crippen LogP contribution in [0, 0.1) is 5.92 Å². The Labute approximate surface area is 99.6 Å². The van der Waals surface area contributed by atoms with E-state index in [2.05, 4.69) is 51.5 Å². The second kappa shape index (κ2) is 4.26. The lowest BCUT2D eigenvalue weighted by Crippen LogP contribution is -2.26. The third-order valence-electron chi connectivity index (χ3n) is 2.76. The van der Waals surface area contributed by atoms with Crippen LogP contribution in [-0.4, -0.2) is 28.3 Å². The largest absolute Gasteiger partial charge is 0.302 e. The summed E-state index contributed by atoms with van der Waals surface area (Å²) in [5.74, 6) is 0.639. The minimum absolute atomic E-state index is 0.639. The SMILES string of the molecule is CC(C)Cn1nc2c(c1Br)CN(C)CC2. The molecular weight excluding hydrogens is 254 g/mol. The molecule has 0 atom stereocenters. The van der Waals surface area contributed by atoms with Gasteiger partial charge in [-0.15, -0.1) is 0 Å². The lowest BCUT2D eigenvalue weighted by molar-refractivity contribution is 0.311. The van der Waals surface area contributed by atoms with Crippen molar-refractivity contribution in [2.75, 3.05) is 13.6 Å². The first-order chi connectivity index (χ1) is 7.08. The zero-order chi connectivity index (χ0) is 11.0. The molecular formula is C11H18BrN3. The van der Waals surface area contributed by atoms with Crippen molar-refractivity contribution in [3.8, 4) is 0 Å². The first-order valence-corrected chi connectivity index (χ1v) is 6.30. The molecule has 1 aliphatic rings. The lowest BCUT2D eigenvalue weighted by Gasteiger charge is -2.21. The van der Waals surface area contributed by atoms with E-state index in [1.165, 1.54) is 15.9 Å². The topological polar surface area (TPSA) is 21.1 Å². The quantitative estimate of drug-likeness (QED) is 0.823. The summed E-state index contributed by atoms with van der Waals surface area (Å²) in [4.78, 5) is 2.34. The standard InChI is InChI=1S/C11H18BrN3/c1-8(2)6-15-11(12)9-7-14(3)5-4-10(9)13-15/h8H,4-7H2,1-3H3. The van der Waals surface area contributed by atoms with Gasteiger partial charge in [-0.3, -0.25) is 4.68 Å². The molecule has 1 aliphatic heterocycles. The van der Waals surface area contributed by atoms with Gasteiger partial charge in [-0.2, -0.15) is 5.10 Å². The van der Waals surface area contributed by atoms with Gasteiger partial charge in [0.1, 0.15) is 4.60 Å². The maximum Gasteiger partial charge on any atom is 0.108 e. The third kappa shape index (κ3) is 2.26. The number of hydrogen-bond donors (Lipinski definition) is 0. The van der Waals surface area contributed by atoms with Gasteiger partial charge in [-0.1, -0.05) is 13.8 Å². The molecule has 0 spiro atoms. The summed E-state index contributed by atoms with van der Waals surface area (Å²) in [5.41, 5.74) is 2.66. The Morgan fingerprint density at radius 2 is 2.20 bits per heavy atom. The number of nitrogens with zero attached hydrogens (tertiary/aromatic N) is 3. The van der Waals surface area contributed by atoms with E-state index in [0.29, 0.717) is 5.92 Å². The predicted molar refractivity (Wildman–Crippen MR) is 64.8 cm³/mol. The zero-order valence-electron chi connectivity index (χ0n) is 9.63. The number of rotatable bonds is 2. The van der Waals surface area contributed by atoms with Crippen molar-refractivity contribution in [3.63, 3.8) is 0 Å². The Balaban J connectivity index is 2.28. The Bertz CT molecular complexity index is 357. The Morgan fingerprint density at radius 1 is 1.47 bits per heavy atom. The molecule has 0 aromatic carbocycles. The van der Waals surface area contributed by atoms with Crippen LogP contribution in [0.3, 0.4) is 0 Å². The van der Waals surface area contributed by atoms with Gasteiger partial charge in [0.25, 0.3) is 0 Å². The molecule has 0 aliphatic carbocycles. The highest BCUT2D eigenvalue weighted by Crippen LogP contribution is 2.26. The maximum absolute atomic E-state index is 4.67. The number of fused-ring (bicyclic) bond motifs is 1. The van der Waals surface area contributed by atoms with E-state index in [1.54, 1.807) is 0 Å². The van der Waals surface area contributed by atoms with E-state index in [4.69, 9.17) is 0 Å². The van der Waals surface area contributed by atoms with Crippen molar-refractivity contribution in [1.82, 2.24) is 14.7 Å². The van der Waals surface area contributed by atoms with Crippen LogP contribution in [0.5, 0.6) is 0 Å². The van der Waals surface area contributed by atoms with Crippen molar-refractivity contribution < 1.29 is 0 Å². The summed E-state index contributed by atoms with van der Waals surface area (Å²) in [5, 5.41) is 4.67. The number of likely N-dealkylation sites (N-methyl/N-ethyl adjacent to an activating group) is 1. The first kappa shape index (κ1) is 11.1. The molecule has 0 unspecified atom stereocenters. The third-order valence-corrected chi connectivity index (χ3v) is 3.65. The summed E-state index contributed by atoms with van der Waals surface area (Å²) in [6.07, 6.45) is 1.08. The van der Waals surface area contributed by atoms with E-state index >= 15 is 0 Å². The van der Waals surface area contributed by atoms with Crippen molar-refractivity contribution in [2.24, 2.45) is 5.92 Å². The first-order valence-electron chi connectivity index (χ1n) is 5.50. The molecule has 0 saturated carbocycles. The van der Waals surface area contributed by atoms with E-state index in [0.717, 1.165) is 26.1 Å². The number of hydrogen-bond acceptors (Lipinski definition) is 2. The van der Waals surface area contributed by atoms with Crippen molar-refractivity contribution in [2.45, 2.75) is 33.4 Å². The van der Waals surface area contributed by atoms with Crippen LogP contribution in [0.4, 0.5) is 0 Å².